The van der Waals surface area contributed by atoms with E-state index in [1.165, 1.54) is 0 Å². The molecule has 0 fully saturated rings. The molecule has 1 rings (SSSR count). The van der Waals surface area contributed by atoms with Gasteiger partial charge < -0.3 is 19.5 Å². The van der Waals surface area contributed by atoms with Crippen molar-refractivity contribution in [3.63, 3.8) is 0 Å². The van der Waals surface area contributed by atoms with Gasteiger partial charge in [0.2, 0.25) is 0 Å². The Morgan fingerprint density at radius 2 is 1.94 bits per heavy atom. The number of ether oxygens (including phenoxy) is 3. The third-order valence-electron chi connectivity index (χ3n) is 2.60. The van der Waals surface area contributed by atoms with E-state index in [-0.39, 0.29) is 6.04 Å². The van der Waals surface area contributed by atoms with Crippen LogP contribution in [0.25, 0.3) is 0 Å². The molecule has 0 aliphatic rings. The molecule has 1 aromatic rings. The van der Waals surface area contributed by atoms with Gasteiger partial charge in [-0.15, -0.1) is 0 Å². The van der Waals surface area contributed by atoms with Crippen molar-refractivity contribution in [1.29, 1.82) is 0 Å². The Morgan fingerprint density at radius 3 is 2.47 bits per heavy atom. The van der Waals surface area contributed by atoms with Gasteiger partial charge in [-0.3, -0.25) is 0 Å². The van der Waals surface area contributed by atoms with Crippen LogP contribution in [0.4, 0.5) is 0 Å². The van der Waals surface area contributed by atoms with Gasteiger partial charge in [-0.1, -0.05) is 6.92 Å². The smallest absolute Gasteiger partial charge is 0.123 e. The third kappa shape index (κ3) is 3.61. The van der Waals surface area contributed by atoms with E-state index in [0.717, 1.165) is 23.6 Å². The molecule has 17 heavy (non-hydrogen) atoms. The van der Waals surface area contributed by atoms with Crippen molar-refractivity contribution in [2.24, 2.45) is 0 Å². The van der Waals surface area contributed by atoms with E-state index in [4.69, 9.17) is 14.2 Å². The Morgan fingerprint density at radius 1 is 1.18 bits per heavy atom. The number of likely N-dealkylation sites (N-methyl/N-ethyl adjacent to an activating group) is 1. The zero-order valence-electron chi connectivity index (χ0n) is 10.9. The molecule has 4 nitrogen and oxygen atoms in total. The summed E-state index contributed by atoms with van der Waals surface area (Å²) in [6.45, 7) is 3.53. The average molecular weight is 239 g/mol. The second-order valence-corrected chi connectivity index (χ2v) is 3.67. The Bertz CT molecular complexity index is 335. The maximum absolute atomic E-state index is 5.37. The zero-order valence-corrected chi connectivity index (χ0v) is 10.9. The maximum Gasteiger partial charge on any atom is 0.123 e. The quantitative estimate of drug-likeness (QED) is 0.790. The van der Waals surface area contributed by atoms with Crippen LogP contribution in [0.3, 0.4) is 0 Å². The van der Waals surface area contributed by atoms with Crippen LogP contribution in [0, 0.1) is 0 Å². The largest absolute Gasteiger partial charge is 0.497 e. The lowest BCUT2D eigenvalue weighted by Gasteiger charge is -2.20. The fourth-order valence-electron chi connectivity index (χ4n) is 1.78. The predicted molar refractivity (Wildman–Crippen MR) is 67.8 cm³/mol. The molecule has 0 amide bonds. The monoisotopic (exact) mass is 239 g/mol. The van der Waals surface area contributed by atoms with Crippen LogP contribution in [-0.4, -0.2) is 34.5 Å². The Hall–Kier alpha value is -1.26. The SMILES string of the molecule is CCNC(COC)c1cc(OC)ccc1OC. The highest BCUT2D eigenvalue weighted by atomic mass is 16.5. The minimum Gasteiger partial charge on any atom is -0.497 e. The predicted octanol–water partition coefficient (Wildman–Crippen LogP) is 2.00. The highest BCUT2D eigenvalue weighted by molar-refractivity contribution is 5.42. The van der Waals surface area contributed by atoms with Crippen molar-refractivity contribution in [2.45, 2.75) is 13.0 Å². The number of benzene rings is 1. The first-order chi connectivity index (χ1) is 8.26. The molecule has 0 saturated carbocycles. The van der Waals surface area contributed by atoms with E-state index in [1.54, 1.807) is 21.3 Å². The van der Waals surface area contributed by atoms with E-state index < -0.39 is 0 Å². The van der Waals surface area contributed by atoms with Gasteiger partial charge in [0.05, 0.1) is 26.9 Å². The minimum atomic E-state index is 0.107. The van der Waals surface area contributed by atoms with Crippen LogP contribution < -0.4 is 14.8 Å². The van der Waals surface area contributed by atoms with Crippen LogP contribution in [0.2, 0.25) is 0 Å². The van der Waals surface area contributed by atoms with Gasteiger partial charge in [-0.05, 0) is 24.7 Å². The van der Waals surface area contributed by atoms with Gasteiger partial charge in [-0.2, -0.15) is 0 Å². The summed E-state index contributed by atoms with van der Waals surface area (Å²) in [6, 6.07) is 5.88. The van der Waals surface area contributed by atoms with Crippen molar-refractivity contribution < 1.29 is 14.2 Å². The van der Waals surface area contributed by atoms with Crippen LogP contribution >= 0.6 is 0 Å². The molecule has 0 saturated heterocycles. The van der Waals surface area contributed by atoms with Crippen LogP contribution in [0.1, 0.15) is 18.5 Å². The molecule has 0 spiro atoms. The summed E-state index contributed by atoms with van der Waals surface area (Å²) >= 11 is 0. The summed E-state index contributed by atoms with van der Waals surface area (Å²) in [7, 11) is 5.02. The normalized spacial score (nSPS) is 12.2. The lowest BCUT2D eigenvalue weighted by atomic mass is 10.1. The van der Waals surface area contributed by atoms with Crippen molar-refractivity contribution in [1.82, 2.24) is 5.32 Å². The molecule has 0 aliphatic heterocycles. The summed E-state index contributed by atoms with van der Waals surface area (Å²) in [5.41, 5.74) is 1.05. The molecule has 96 valence electrons. The fraction of sp³-hybridized carbons (Fsp3) is 0.538. The highest BCUT2D eigenvalue weighted by Crippen LogP contribution is 2.29. The highest BCUT2D eigenvalue weighted by Gasteiger charge is 2.16. The molecule has 1 unspecified atom stereocenters. The summed E-state index contributed by atoms with van der Waals surface area (Å²) in [6.07, 6.45) is 0. The molecule has 0 bridgehead atoms. The summed E-state index contributed by atoms with van der Waals surface area (Å²) < 4.78 is 15.8. The number of rotatable bonds is 7. The molecule has 1 atom stereocenters. The first-order valence-corrected chi connectivity index (χ1v) is 5.71. The topological polar surface area (TPSA) is 39.7 Å². The van der Waals surface area contributed by atoms with Crippen LogP contribution in [-0.2, 0) is 4.74 Å². The number of hydrogen-bond donors (Lipinski definition) is 1. The van der Waals surface area contributed by atoms with Gasteiger partial charge in [-0.25, -0.2) is 0 Å². The van der Waals surface area contributed by atoms with Gasteiger partial charge in [0.1, 0.15) is 11.5 Å². The summed E-state index contributed by atoms with van der Waals surface area (Å²) in [5, 5.41) is 3.37. The van der Waals surface area contributed by atoms with E-state index in [2.05, 4.69) is 12.2 Å². The summed E-state index contributed by atoms with van der Waals surface area (Å²) in [5.74, 6) is 1.66. The van der Waals surface area contributed by atoms with Gasteiger partial charge >= 0.3 is 0 Å². The van der Waals surface area contributed by atoms with Crippen LogP contribution in [0.15, 0.2) is 18.2 Å². The van der Waals surface area contributed by atoms with Crippen molar-refractivity contribution >= 4 is 0 Å². The van der Waals surface area contributed by atoms with E-state index in [0.29, 0.717) is 6.61 Å². The van der Waals surface area contributed by atoms with Crippen molar-refractivity contribution in [3.05, 3.63) is 23.8 Å². The van der Waals surface area contributed by atoms with E-state index in [9.17, 15) is 0 Å². The van der Waals surface area contributed by atoms with Gasteiger partial charge in [0.25, 0.3) is 0 Å². The lowest BCUT2D eigenvalue weighted by Crippen LogP contribution is -2.25. The number of nitrogens with one attached hydrogen (secondary N) is 1. The molecule has 0 heterocycles. The Balaban J connectivity index is 3.04. The number of hydrogen-bond acceptors (Lipinski definition) is 4. The molecule has 1 N–H and O–H groups in total. The summed E-state index contributed by atoms with van der Waals surface area (Å²) in [4.78, 5) is 0. The van der Waals surface area contributed by atoms with Gasteiger partial charge in [0.15, 0.2) is 0 Å². The first-order valence-electron chi connectivity index (χ1n) is 5.71. The lowest BCUT2D eigenvalue weighted by molar-refractivity contribution is 0.166. The molecule has 0 radical (unpaired) electrons. The van der Waals surface area contributed by atoms with Crippen molar-refractivity contribution in [2.75, 3.05) is 34.5 Å². The first kappa shape index (κ1) is 13.8. The van der Waals surface area contributed by atoms with E-state index >= 15 is 0 Å². The average Bonchev–Trinajstić information content (AvgIpc) is 2.37. The zero-order chi connectivity index (χ0) is 12.7. The molecule has 0 aromatic heterocycles. The van der Waals surface area contributed by atoms with E-state index in [1.807, 2.05) is 18.2 Å². The number of methoxy groups -OCH3 is 3. The standard InChI is InChI=1S/C13H21NO3/c1-5-14-12(9-15-2)11-8-10(16-3)6-7-13(11)17-4/h6-8,12,14H,5,9H2,1-4H3. The fourth-order valence-corrected chi connectivity index (χ4v) is 1.78. The molecular formula is C13H21NO3. The second kappa shape index (κ2) is 7.14. The van der Waals surface area contributed by atoms with Gasteiger partial charge in [0, 0.05) is 12.7 Å². The van der Waals surface area contributed by atoms with Crippen molar-refractivity contribution in [3.8, 4) is 11.5 Å². The molecule has 4 heteroatoms. The maximum atomic E-state index is 5.37. The molecule has 1 aromatic carbocycles. The molecular weight excluding hydrogens is 218 g/mol. The second-order valence-electron chi connectivity index (χ2n) is 3.67. The third-order valence-corrected chi connectivity index (χ3v) is 2.60. The van der Waals surface area contributed by atoms with Crippen LogP contribution in [0.5, 0.6) is 11.5 Å². The minimum absolute atomic E-state index is 0.107. The molecule has 0 aliphatic carbocycles. The Labute approximate surface area is 103 Å². The Kier molecular flexibility index (Phi) is 5.80.